The molecule has 2 aromatic heterocycles. The molecule has 0 radical (unpaired) electrons. The summed E-state index contributed by atoms with van der Waals surface area (Å²) in [6, 6.07) is 7.67. The molecule has 0 aliphatic rings. The highest BCUT2D eigenvalue weighted by Crippen LogP contribution is 2.39. The molecular weight excluding hydrogens is 286 g/mol. The van der Waals surface area contributed by atoms with Crippen molar-refractivity contribution in [2.24, 2.45) is 0 Å². The van der Waals surface area contributed by atoms with Crippen LogP contribution in [0.2, 0.25) is 0 Å². The molecule has 0 aliphatic carbocycles. The van der Waals surface area contributed by atoms with E-state index in [1.54, 1.807) is 0 Å². The predicted octanol–water partition coefficient (Wildman–Crippen LogP) is 4.52. The number of carboxylic acids is 1. The van der Waals surface area contributed by atoms with Gasteiger partial charge < -0.3 is 9.52 Å². The van der Waals surface area contributed by atoms with Crippen LogP contribution in [-0.2, 0) is 6.42 Å². The number of hydrogen-bond acceptors (Lipinski definition) is 4. The smallest absolute Gasteiger partial charge is 0.356 e. The summed E-state index contributed by atoms with van der Waals surface area (Å²) in [6.45, 7) is 3.92. The van der Waals surface area contributed by atoms with Gasteiger partial charge in [0.1, 0.15) is 11.3 Å². The standard InChI is InChI=1S/C16H15NO3S/c1-3-6-12-17-14(16(18)19)15(21-12)13-9(2)20-11-8-5-4-7-10(11)13/h4-5,7-8H,3,6H2,1-2H3,(H,18,19). The first-order valence-corrected chi connectivity index (χ1v) is 7.65. The topological polar surface area (TPSA) is 63.3 Å². The van der Waals surface area contributed by atoms with Crippen LogP contribution < -0.4 is 0 Å². The van der Waals surface area contributed by atoms with Crippen LogP contribution in [0.25, 0.3) is 21.4 Å². The maximum absolute atomic E-state index is 11.5. The number of furan rings is 1. The number of carboxylic acid groups (broad SMARTS) is 1. The van der Waals surface area contributed by atoms with Gasteiger partial charge in [-0.3, -0.25) is 0 Å². The lowest BCUT2D eigenvalue weighted by molar-refractivity contribution is 0.0692. The van der Waals surface area contributed by atoms with E-state index in [0.29, 0.717) is 4.88 Å². The Bertz CT molecular complexity index is 816. The van der Waals surface area contributed by atoms with E-state index in [2.05, 4.69) is 11.9 Å². The Morgan fingerprint density at radius 2 is 2.14 bits per heavy atom. The summed E-state index contributed by atoms with van der Waals surface area (Å²) in [5.74, 6) is -0.265. The molecule has 21 heavy (non-hydrogen) atoms. The average molecular weight is 301 g/mol. The van der Waals surface area contributed by atoms with Crippen LogP contribution in [0.15, 0.2) is 28.7 Å². The summed E-state index contributed by atoms with van der Waals surface area (Å²) in [5.41, 5.74) is 1.74. The Balaban J connectivity index is 2.26. The molecule has 4 nitrogen and oxygen atoms in total. The molecule has 2 heterocycles. The zero-order valence-electron chi connectivity index (χ0n) is 11.8. The van der Waals surface area contributed by atoms with Crippen LogP contribution in [0.1, 0.15) is 34.6 Å². The van der Waals surface area contributed by atoms with Crippen molar-refractivity contribution in [1.82, 2.24) is 4.98 Å². The van der Waals surface area contributed by atoms with Gasteiger partial charge in [0, 0.05) is 10.9 Å². The summed E-state index contributed by atoms with van der Waals surface area (Å²) >= 11 is 1.45. The number of thiazole rings is 1. The van der Waals surface area contributed by atoms with Crippen LogP contribution in [0, 0.1) is 6.92 Å². The fourth-order valence-corrected chi connectivity index (χ4v) is 3.71. The molecular formula is C16H15NO3S. The second kappa shape index (κ2) is 5.33. The molecule has 1 aromatic carbocycles. The minimum Gasteiger partial charge on any atom is -0.476 e. The molecule has 0 saturated carbocycles. The van der Waals surface area contributed by atoms with E-state index in [-0.39, 0.29) is 5.69 Å². The van der Waals surface area contributed by atoms with Crippen molar-refractivity contribution in [3.8, 4) is 10.4 Å². The molecule has 0 unspecified atom stereocenters. The van der Waals surface area contributed by atoms with Gasteiger partial charge in [-0.2, -0.15) is 0 Å². The maximum Gasteiger partial charge on any atom is 0.356 e. The highest BCUT2D eigenvalue weighted by molar-refractivity contribution is 7.15. The van der Waals surface area contributed by atoms with E-state index < -0.39 is 5.97 Å². The first-order chi connectivity index (χ1) is 10.1. The first-order valence-electron chi connectivity index (χ1n) is 6.83. The van der Waals surface area contributed by atoms with Gasteiger partial charge in [0.25, 0.3) is 0 Å². The third-order valence-corrected chi connectivity index (χ3v) is 4.47. The number of nitrogens with zero attached hydrogens (tertiary/aromatic N) is 1. The van der Waals surface area contributed by atoms with Crippen molar-refractivity contribution in [3.63, 3.8) is 0 Å². The van der Waals surface area contributed by atoms with Crippen LogP contribution in [0.3, 0.4) is 0 Å². The van der Waals surface area contributed by atoms with Crippen molar-refractivity contribution in [2.45, 2.75) is 26.7 Å². The SMILES string of the molecule is CCCc1nc(C(=O)O)c(-c2c(C)oc3ccccc23)s1. The summed E-state index contributed by atoms with van der Waals surface area (Å²) in [7, 11) is 0. The van der Waals surface area contributed by atoms with Gasteiger partial charge >= 0.3 is 5.97 Å². The van der Waals surface area contributed by atoms with E-state index in [9.17, 15) is 9.90 Å². The highest BCUT2D eigenvalue weighted by Gasteiger charge is 2.23. The van der Waals surface area contributed by atoms with Gasteiger partial charge in [-0.05, 0) is 25.8 Å². The number of para-hydroxylation sites is 1. The monoisotopic (exact) mass is 301 g/mol. The zero-order chi connectivity index (χ0) is 15.0. The lowest BCUT2D eigenvalue weighted by atomic mass is 10.1. The van der Waals surface area contributed by atoms with Gasteiger partial charge in [-0.1, -0.05) is 25.1 Å². The molecule has 108 valence electrons. The lowest BCUT2D eigenvalue weighted by Crippen LogP contribution is -1.99. The van der Waals surface area contributed by atoms with E-state index in [1.807, 2.05) is 31.2 Å². The molecule has 0 spiro atoms. The molecule has 0 atom stereocenters. The summed E-state index contributed by atoms with van der Waals surface area (Å²) < 4.78 is 5.74. The molecule has 3 rings (SSSR count). The van der Waals surface area contributed by atoms with E-state index in [0.717, 1.165) is 40.1 Å². The minimum atomic E-state index is -0.992. The second-order valence-corrected chi connectivity index (χ2v) is 5.95. The Hall–Kier alpha value is -2.14. The van der Waals surface area contributed by atoms with Crippen molar-refractivity contribution in [3.05, 3.63) is 40.7 Å². The van der Waals surface area contributed by atoms with Gasteiger partial charge in [0.15, 0.2) is 5.69 Å². The Kier molecular flexibility index (Phi) is 3.51. The summed E-state index contributed by atoms with van der Waals surface area (Å²) in [5, 5.41) is 11.2. The first kappa shape index (κ1) is 13.8. The largest absolute Gasteiger partial charge is 0.476 e. The fourth-order valence-electron chi connectivity index (χ4n) is 2.45. The third-order valence-electron chi connectivity index (χ3n) is 3.34. The zero-order valence-corrected chi connectivity index (χ0v) is 12.7. The maximum atomic E-state index is 11.5. The fraction of sp³-hybridized carbons (Fsp3) is 0.250. The number of aromatic nitrogens is 1. The quantitative estimate of drug-likeness (QED) is 0.769. The van der Waals surface area contributed by atoms with Crippen molar-refractivity contribution < 1.29 is 14.3 Å². The van der Waals surface area contributed by atoms with Gasteiger partial charge in [0.2, 0.25) is 0 Å². The molecule has 0 amide bonds. The normalized spacial score (nSPS) is 11.1. The minimum absolute atomic E-state index is 0.123. The predicted molar refractivity (Wildman–Crippen MR) is 83.0 cm³/mol. The Labute approximate surface area is 126 Å². The molecule has 0 saturated heterocycles. The number of fused-ring (bicyclic) bond motifs is 1. The van der Waals surface area contributed by atoms with Crippen molar-refractivity contribution in [2.75, 3.05) is 0 Å². The summed E-state index contributed by atoms with van der Waals surface area (Å²) in [6.07, 6.45) is 1.73. The van der Waals surface area contributed by atoms with Crippen LogP contribution in [0.4, 0.5) is 0 Å². The van der Waals surface area contributed by atoms with Gasteiger partial charge in [0.05, 0.1) is 9.88 Å². The number of aryl methyl sites for hydroxylation is 2. The molecule has 3 aromatic rings. The number of aromatic carboxylic acids is 1. The van der Waals surface area contributed by atoms with Crippen LogP contribution >= 0.6 is 11.3 Å². The highest BCUT2D eigenvalue weighted by atomic mass is 32.1. The molecule has 0 bridgehead atoms. The van der Waals surface area contributed by atoms with Crippen LogP contribution in [-0.4, -0.2) is 16.1 Å². The van der Waals surface area contributed by atoms with Gasteiger partial charge in [-0.15, -0.1) is 11.3 Å². The van der Waals surface area contributed by atoms with E-state index in [1.165, 1.54) is 11.3 Å². The van der Waals surface area contributed by atoms with Crippen LogP contribution in [0.5, 0.6) is 0 Å². The Morgan fingerprint density at radius 3 is 2.86 bits per heavy atom. The average Bonchev–Trinajstić information content (AvgIpc) is 2.99. The molecule has 1 N–H and O–H groups in total. The lowest BCUT2D eigenvalue weighted by Gasteiger charge is -1.97. The molecule has 5 heteroatoms. The van der Waals surface area contributed by atoms with Crippen molar-refractivity contribution in [1.29, 1.82) is 0 Å². The number of benzene rings is 1. The second-order valence-electron chi connectivity index (χ2n) is 4.87. The number of rotatable bonds is 4. The number of carbonyl (C=O) groups is 1. The third kappa shape index (κ3) is 2.34. The number of hydrogen-bond donors (Lipinski definition) is 1. The van der Waals surface area contributed by atoms with Gasteiger partial charge in [-0.25, -0.2) is 9.78 Å². The Morgan fingerprint density at radius 1 is 1.38 bits per heavy atom. The summed E-state index contributed by atoms with van der Waals surface area (Å²) in [4.78, 5) is 16.5. The molecule has 0 aliphatic heterocycles. The van der Waals surface area contributed by atoms with Crippen molar-refractivity contribution >= 4 is 28.3 Å². The van der Waals surface area contributed by atoms with E-state index in [4.69, 9.17) is 4.42 Å². The van der Waals surface area contributed by atoms with E-state index >= 15 is 0 Å². The molecule has 0 fully saturated rings.